The Kier molecular flexibility index (Phi) is 7.10. The first kappa shape index (κ1) is 23.0. The quantitative estimate of drug-likeness (QED) is 0.451. The van der Waals surface area contributed by atoms with Crippen molar-refractivity contribution in [3.8, 4) is 11.5 Å². The predicted molar refractivity (Wildman–Crippen MR) is 123 cm³/mol. The summed E-state index contributed by atoms with van der Waals surface area (Å²) in [6, 6.07) is 15.2. The van der Waals surface area contributed by atoms with Crippen molar-refractivity contribution in [2.45, 2.75) is 18.0 Å². The Bertz CT molecular complexity index is 1080. The molecule has 33 heavy (non-hydrogen) atoms. The molecule has 2 aromatic carbocycles. The summed E-state index contributed by atoms with van der Waals surface area (Å²) in [4.78, 5) is 39.0. The van der Waals surface area contributed by atoms with E-state index in [1.54, 1.807) is 55.6 Å². The van der Waals surface area contributed by atoms with Gasteiger partial charge in [0.25, 0.3) is 11.8 Å². The van der Waals surface area contributed by atoms with Crippen LogP contribution in [0.5, 0.6) is 11.5 Å². The van der Waals surface area contributed by atoms with Crippen LogP contribution in [-0.2, 0) is 25.7 Å². The van der Waals surface area contributed by atoms with Crippen molar-refractivity contribution in [3.63, 3.8) is 0 Å². The number of amides is 2. The van der Waals surface area contributed by atoms with Crippen LogP contribution in [0, 0.1) is 0 Å². The van der Waals surface area contributed by atoms with Crippen LogP contribution >= 0.6 is 23.4 Å². The summed E-state index contributed by atoms with van der Waals surface area (Å²) in [6.45, 7) is -0.203. The zero-order valence-electron chi connectivity index (χ0n) is 17.7. The molecule has 0 aromatic heterocycles. The van der Waals surface area contributed by atoms with Crippen molar-refractivity contribution < 1.29 is 28.6 Å². The molecule has 0 bridgehead atoms. The lowest BCUT2D eigenvalue weighted by molar-refractivity contribution is -0.153. The monoisotopic (exact) mass is 488 g/mol. The Morgan fingerprint density at radius 1 is 1.12 bits per heavy atom. The van der Waals surface area contributed by atoms with Crippen molar-refractivity contribution in [2.75, 3.05) is 19.5 Å². The fourth-order valence-electron chi connectivity index (χ4n) is 3.39. The molecule has 1 N–H and O–H groups in total. The number of benzene rings is 2. The molecule has 2 aliphatic heterocycles. The van der Waals surface area contributed by atoms with E-state index in [0.29, 0.717) is 17.3 Å². The Labute approximate surface area is 199 Å². The summed E-state index contributed by atoms with van der Waals surface area (Å²) in [6.07, 6.45) is 0. The molecule has 0 radical (unpaired) electrons. The highest BCUT2D eigenvalue weighted by molar-refractivity contribution is 8.00. The lowest BCUT2D eigenvalue weighted by Crippen LogP contribution is -2.70. The maximum Gasteiger partial charge on any atom is 0.356 e. The molecule has 4 rings (SSSR count). The van der Waals surface area contributed by atoms with Crippen molar-refractivity contribution in [1.29, 1.82) is 0 Å². The third-order valence-corrected chi connectivity index (χ3v) is 6.82. The van der Waals surface area contributed by atoms with Gasteiger partial charge in [-0.1, -0.05) is 41.9 Å². The first-order valence-corrected chi connectivity index (χ1v) is 11.5. The van der Waals surface area contributed by atoms with Gasteiger partial charge in [0.15, 0.2) is 6.61 Å². The third-order valence-electron chi connectivity index (χ3n) is 5.07. The first-order valence-electron chi connectivity index (χ1n) is 10.1. The van der Waals surface area contributed by atoms with Crippen LogP contribution in [-0.4, -0.2) is 53.6 Å². The van der Waals surface area contributed by atoms with E-state index in [1.165, 1.54) is 16.7 Å². The molecule has 0 aliphatic carbocycles. The normalized spacial score (nSPS) is 19.3. The summed E-state index contributed by atoms with van der Waals surface area (Å²) in [7, 11) is 1.57. The van der Waals surface area contributed by atoms with E-state index in [2.05, 4.69) is 5.32 Å². The zero-order chi connectivity index (χ0) is 23.4. The SMILES string of the molecule is COc1ccc(COC(=O)C2=C(Cl)CS[C@H]3C(NC(=O)COc4ccccc4)C(=O)N23)cc1. The van der Waals surface area contributed by atoms with E-state index in [-0.39, 0.29) is 23.9 Å². The van der Waals surface area contributed by atoms with Crippen molar-refractivity contribution in [2.24, 2.45) is 0 Å². The number of rotatable bonds is 8. The number of β-lactam (4-membered cyclic amide) rings is 1. The Morgan fingerprint density at radius 3 is 2.55 bits per heavy atom. The van der Waals surface area contributed by atoms with Gasteiger partial charge in [0, 0.05) is 5.75 Å². The van der Waals surface area contributed by atoms with E-state index in [4.69, 9.17) is 25.8 Å². The summed E-state index contributed by atoms with van der Waals surface area (Å²) in [5.74, 6) is 0.0352. The lowest BCUT2D eigenvalue weighted by atomic mass is 10.1. The van der Waals surface area contributed by atoms with E-state index in [0.717, 1.165) is 5.56 Å². The minimum Gasteiger partial charge on any atom is -0.497 e. The number of nitrogens with zero attached hydrogens (tertiary/aromatic N) is 1. The molecule has 1 unspecified atom stereocenters. The van der Waals surface area contributed by atoms with Crippen LogP contribution in [0.1, 0.15) is 5.56 Å². The Balaban J connectivity index is 1.34. The van der Waals surface area contributed by atoms with Crippen LogP contribution in [0.4, 0.5) is 0 Å². The van der Waals surface area contributed by atoms with Crippen LogP contribution in [0.2, 0.25) is 0 Å². The van der Waals surface area contributed by atoms with Gasteiger partial charge in [-0.2, -0.15) is 0 Å². The number of fused-ring (bicyclic) bond motifs is 1. The number of methoxy groups -OCH3 is 1. The highest BCUT2D eigenvalue weighted by atomic mass is 35.5. The molecule has 2 heterocycles. The average Bonchev–Trinajstić information content (AvgIpc) is 2.85. The van der Waals surface area contributed by atoms with Crippen LogP contribution in [0.15, 0.2) is 65.3 Å². The van der Waals surface area contributed by atoms with Gasteiger partial charge in [-0.15, -0.1) is 11.8 Å². The molecule has 2 amide bonds. The molecule has 0 spiro atoms. The van der Waals surface area contributed by atoms with Gasteiger partial charge in [-0.25, -0.2) is 4.79 Å². The molecule has 172 valence electrons. The fraction of sp³-hybridized carbons (Fsp3) is 0.261. The number of hydrogen-bond donors (Lipinski definition) is 1. The summed E-state index contributed by atoms with van der Waals surface area (Å²) < 4.78 is 15.9. The number of nitrogens with one attached hydrogen (secondary N) is 1. The largest absolute Gasteiger partial charge is 0.497 e. The van der Waals surface area contributed by atoms with Crippen LogP contribution in [0.25, 0.3) is 0 Å². The van der Waals surface area contributed by atoms with Gasteiger partial charge in [0.1, 0.15) is 35.2 Å². The van der Waals surface area contributed by atoms with Gasteiger partial charge in [-0.05, 0) is 29.8 Å². The number of carbonyl (C=O) groups excluding carboxylic acids is 3. The number of esters is 1. The summed E-state index contributed by atoms with van der Waals surface area (Å²) in [5, 5.41) is 2.47. The molecule has 10 heteroatoms. The van der Waals surface area contributed by atoms with Crippen molar-refractivity contribution in [1.82, 2.24) is 10.2 Å². The highest BCUT2D eigenvalue weighted by Crippen LogP contribution is 2.41. The fourth-order valence-corrected chi connectivity index (χ4v) is 4.94. The average molecular weight is 489 g/mol. The lowest BCUT2D eigenvalue weighted by Gasteiger charge is -2.49. The number of para-hydroxylation sites is 1. The van der Waals surface area contributed by atoms with Crippen LogP contribution < -0.4 is 14.8 Å². The van der Waals surface area contributed by atoms with Crippen LogP contribution in [0.3, 0.4) is 0 Å². The second kappa shape index (κ2) is 10.2. The molecule has 0 saturated carbocycles. The minimum atomic E-state index is -0.768. The third kappa shape index (κ3) is 5.09. The van der Waals surface area contributed by atoms with Crippen molar-refractivity contribution in [3.05, 3.63) is 70.9 Å². The van der Waals surface area contributed by atoms with Crippen molar-refractivity contribution >= 4 is 41.1 Å². The topological polar surface area (TPSA) is 94.2 Å². The number of carbonyl (C=O) groups is 3. The second-order valence-corrected chi connectivity index (χ2v) is 8.80. The number of thioether (sulfide) groups is 1. The van der Waals surface area contributed by atoms with E-state index >= 15 is 0 Å². The molecule has 8 nitrogen and oxygen atoms in total. The molecular weight excluding hydrogens is 468 g/mol. The van der Waals surface area contributed by atoms with Gasteiger partial charge in [0.2, 0.25) is 0 Å². The molecule has 2 atom stereocenters. The Morgan fingerprint density at radius 2 is 1.85 bits per heavy atom. The van der Waals surface area contributed by atoms with Gasteiger partial charge >= 0.3 is 5.97 Å². The van der Waals surface area contributed by atoms with E-state index < -0.39 is 29.2 Å². The Hall–Kier alpha value is -3.17. The maximum atomic E-state index is 12.8. The predicted octanol–water partition coefficient (Wildman–Crippen LogP) is 2.67. The van der Waals surface area contributed by atoms with E-state index in [1.807, 2.05) is 6.07 Å². The van der Waals surface area contributed by atoms with Gasteiger partial charge < -0.3 is 19.5 Å². The standard InChI is InChI=1S/C23H21ClN2O6S/c1-30-15-9-7-14(8-10-15)11-32-23(29)20-17(24)13-33-22-19(21(28)26(20)22)25-18(27)12-31-16-5-3-2-4-6-16/h2-10,19,22H,11-13H2,1H3,(H,25,27)/t19?,22-/m0/s1. The first-order chi connectivity index (χ1) is 16.0. The summed E-state index contributed by atoms with van der Waals surface area (Å²) in [5.41, 5.74) is 0.783. The zero-order valence-corrected chi connectivity index (χ0v) is 19.2. The molecule has 1 saturated heterocycles. The minimum absolute atomic E-state index is 0.0185. The highest BCUT2D eigenvalue weighted by Gasteiger charge is 2.54. The molecule has 1 fully saturated rings. The number of halogens is 1. The summed E-state index contributed by atoms with van der Waals surface area (Å²) >= 11 is 7.64. The van der Waals surface area contributed by atoms with Gasteiger partial charge in [0.05, 0.1) is 12.1 Å². The van der Waals surface area contributed by atoms with E-state index in [9.17, 15) is 14.4 Å². The smallest absolute Gasteiger partial charge is 0.356 e. The number of hydrogen-bond acceptors (Lipinski definition) is 7. The maximum absolute atomic E-state index is 12.8. The molecular formula is C23H21ClN2O6S. The second-order valence-electron chi connectivity index (χ2n) is 7.23. The molecule has 2 aliphatic rings. The number of ether oxygens (including phenoxy) is 3. The van der Waals surface area contributed by atoms with Gasteiger partial charge in [-0.3, -0.25) is 14.5 Å². The molecule has 2 aromatic rings.